The van der Waals surface area contributed by atoms with Gasteiger partial charge >= 0.3 is 0 Å². The Morgan fingerprint density at radius 3 is 2.75 bits per heavy atom. The molecule has 1 fully saturated rings. The van der Waals surface area contributed by atoms with E-state index < -0.39 is 11.6 Å². The molecule has 1 saturated carbocycles. The zero-order valence-electron chi connectivity index (χ0n) is 13.5. The first-order valence-electron chi connectivity index (χ1n) is 8.10. The molecular weight excluding hydrogens is 313 g/mol. The molecule has 128 valence electrons. The maximum absolute atomic E-state index is 13.3. The standard InChI is InChI=1S/C17H20FN3O3/c1-10-20-17(24-21-10)12-4-2-11(3-5-12)9-19-16(23)13-6-7-15(22)14(18)8-13/h6-8,11-12,22H,2-5,9H2,1H3,(H,19,23). The zero-order chi connectivity index (χ0) is 17.1. The Hall–Kier alpha value is -2.44. The highest BCUT2D eigenvalue weighted by Crippen LogP contribution is 2.34. The van der Waals surface area contributed by atoms with Gasteiger partial charge in [-0.1, -0.05) is 5.16 Å². The summed E-state index contributed by atoms with van der Waals surface area (Å²) in [6.07, 6.45) is 3.85. The lowest BCUT2D eigenvalue weighted by Gasteiger charge is -2.26. The fourth-order valence-corrected chi connectivity index (χ4v) is 3.08. The lowest BCUT2D eigenvalue weighted by atomic mass is 9.82. The van der Waals surface area contributed by atoms with Gasteiger partial charge in [-0.15, -0.1) is 0 Å². The molecule has 1 amide bonds. The van der Waals surface area contributed by atoms with Gasteiger partial charge < -0.3 is 14.9 Å². The number of carbonyl (C=O) groups is 1. The monoisotopic (exact) mass is 333 g/mol. The molecule has 6 nitrogen and oxygen atoms in total. The highest BCUT2D eigenvalue weighted by Gasteiger charge is 2.26. The van der Waals surface area contributed by atoms with E-state index in [4.69, 9.17) is 9.63 Å². The fraction of sp³-hybridized carbons (Fsp3) is 0.471. The van der Waals surface area contributed by atoms with Crippen LogP contribution in [-0.4, -0.2) is 27.7 Å². The minimum Gasteiger partial charge on any atom is -0.505 e. The summed E-state index contributed by atoms with van der Waals surface area (Å²) < 4.78 is 18.5. The molecule has 7 heteroatoms. The summed E-state index contributed by atoms with van der Waals surface area (Å²) in [7, 11) is 0. The predicted octanol–water partition coefficient (Wildman–Crippen LogP) is 2.93. The molecule has 1 heterocycles. The summed E-state index contributed by atoms with van der Waals surface area (Å²) in [4.78, 5) is 16.3. The first-order valence-corrected chi connectivity index (χ1v) is 8.10. The van der Waals surface area contributed by atoms with Crippen molar-refractivity contribution in [2.45, 2.75) is 38.5 Å². The second kappa shape index (κ2) is 6.98. The van der Waals surface area contributed by atoms with Crippen LogP contribution < -0.4 is 5.32 Å². The lowest BCUT2D eigenvalue weighted by molar-refractivity contribution is 0.0941. The summed E-state index contributed by atoms with van der Waals surface area (Å²) in [5, 5.41) is 15.8. The van der Waals surface area contributed by atoms with Crippen molar-refractivity contribution in [1.29, 1.82) is 0 Å². The van der Waals surface area contributed by atoms with Gasteiger partial charge in [0.1, 0.15) is 0 Å². The molecule has 3 rings (SSSR count). The van der Waals surface area contributed by atoms with Gasteiger partial charge in [-0.05, 0) is 56.7 Å². The highest BCUT2D eigenvalue weighted by molar-refractivity contribution is 5.94. The second-order valence-corrected chi connectivity index (χ2v) is 6.27. The molecule has 0 aliphatic heterocycles. The summed E-state index contributed by atoms with van der Waals surface area (Å²) in [5.74, 6) is 0.457. The van der Waals surface area contributed by atoms with E-state index in [0.717, 1.165) is 31.7 Å². The molecule has 0 saturated heterocycles. The third-order valence-electron chi connectivity index (χ3n) is 4.50. The second-order valence-electron chi connectivity index (χ2n) is 6.27. The van der Waals surface area contributed by atoms with Crippen LogP contribution in [0.5, 0.6) is 5.75 Å². The average Bonchev–Trinajstić information content (AvgIpc) is 3.02. The SMILES string of the molecule is Cc1noc(C2CCC(CNC(=O)c3ccc(O)c(F)c3)CC2)n1. The van der Waals surface area contributed by atoms with E-state index in [1.165, 1.54) is 12.1 Å². The van der Waals surface area contributed by atoms with Crippen LogP contribution in [0.25, 0.3) is 0 Å². The number of aryl methyl sites for hydroxylation is 1. The van der Waals surface area contributed by atoms with Crippen molar-refractivity contribution in [2.75, 3.05) is 6.54 Å². The minimum atomic E-state index is -0.794. The molecule has 0 spiro atoms. The number of halogens is 1. The van der Waals surface area contributed by atoms with Crippen LogP contribution in [0, 0.1) is 18.7 Å². The number of amides is 1. The maximum Gasteiger partial charge on any atom is 0.251 e. The molecule has 2 N–H and O–H groups in total. The van der Waals surface area contributed by atoms with Crippen molar-refractivity contribution in [2.24, 2.45) is 5.92 Å². The van der Waals surface area contributed by atoms with E-state index in [1.807, 2.05) is 0 Å². The molecule has 1 aliphatic carbocycles. The quantitative estimate of drug-likeness (QED) is 0.898. The van der Waals surface area contributed by atoms with E-state index in [9.17, 15) is 9.18 Å². The molecule has 1 aromatic carbocycles. The zero-order valence-corrected chi connectivity index (χ0v) is 13.5. The fourth-order valence-electron chi connectivity index (χ4n) is 3.08. The van der Waals surface area contributed by atoms with Gasteiger partial charge in [0.15, 0.2) is 17.4 Å². The largest absolute Gasteiger partial charge is 0.505 e. The normalized spacial score (nSPS) is 20.8. The van der Waals surface area contributed by atoms with Gasteiger partial charge in [0.2, 0.25) is 5.89 Å². The number of phenolic OH excluding ortho intramolecular Hbond substituents is 1. The minimum absolute atomic E-state index is 0.209. The van der Waals surface area contributed by atoms with E-state index >= 15 is 0 Å². The Morgan fingerprint density at radius 1 is 1.38 bits per heavy atom. The number of rotatable bonds is 4. The number of phenols is 1. The summed E-state index contributed by atoms with van der Waals surface area (Å²) in [6.45, 7) is 2.36. The number of benzene rings is 1. The van der Waals surface area contributed by atoms with Gasteiger partial charge in [0.25, 0.3) is 5.91 Å². The van der Waals surface area contributed by atoms with Crippen molar-refractivity contribution < 1.29 is 18.8 Å². The van der Waals surface area contributed by atoms with Gasteiger partial charge in [-0.3, -0.25) is 4.79 Å². The topological polar surface area (TPSA) is 88.2 Å². The Kier molecular flexibility index (Phi) is 4.78. The van der Waals surface area contributed by atoms with E-state index in [2.05, 4.69) is 15.5 Å². The van der Waals surface area contributed by atoms with Crippen molar-refractivity contribution in [3.8, 4) is 5.75 Å². The molecule has 0 bridgehead atoms. The smallest absolute Gasteiger partial charge is 0.251 e. The van der Waals surface area contributed by atoms with Crippen LogP contribution in [0.1, 0.15) is 53.7 Å². The van der Waals surface area contributed by atoms with Gasteiger partial charge in [-0.25, -0.2) is 4.39 Å². The highest BCUT2D eigenvalue weighted by atomic mass is 19.1. The number of nitrogens with one attached hydrogen (secondary N) is 1. The Morgan fingerprint density at radius 2 is 2.12 bits per heavy atom. The van der Waals surface area contributed by atoms with Gasteiger partial charge in [0.05, 0.1) is 0 Å². The number of carbonyl (C=O) groups excluding carboxylic acids is 1. The third kappa shape index (κ3) is 3.72. The van der Waals surface area contributed by atoms with Crippen LogP contribution in [0.3, 0.4) is 0 Å². The van der Waals surface area contributed by atoms with E-state index in [0.29, 0.717) is 30.1 Å². The number of nitrogens with zero attached hydrogens (tertiary/aromatic N) is 2. The number of aromatic nitrogens is 2. The molecule has 1 aromatic heterocycles. The van der Waals surface area contributed by atoms with Crippen LogP contribution in [0.15, 0.2) is 22.7 Å². The summed E-state index contributed by atoms with van der Waals surface area (Å²) in [5.41, 5.74) is 0.209. The van der Waals surface area contributed by atoms with Crippen molar-refractivity contribution in [3.63, 3.8) is 0 Å². The van der Waals surface area contributed by atoms with Crippen molar-refractivity contribution in [3.05, 3.63) is 41.3 Å². The number of aromatic hydroxyl groups is 1. The van der Waals surface area contributed by atoms with Crippen molar-refractivity contribution in [1.82, 2.24) is 15.5 Å². The van der Waals surface area contributed by atoms with Gasteiger partial charge in [0, 0.05) is 18.0 Å². The molecule has 0 radical (unpaired) electrons. The first-order chi connectivity index (χ1) is 11.5. The van der Waals surface area contributed by atoms with Crippen LogP contribution >= 0.6 is 0 Å². The number of hydrogen-bond donors (Lipinski definition) is 2. The van der Waals surface area contributed by atoms with Gasteiger partial charge in [-0.2, -0.15) is 4.98 Å². The Bertz CT molecular complexity index is 724. The molecule has 0 atom stereocenters. The number of hydrogen-bond acceptors (Lipinski definition) is 5. The molecule has 2 aromatic rings. The van der Waals surface area contributed by atoms with E-state index in [-0.39, 0.29) is 11.5 Å². The lowest BCUT2D eigenvalue weighted by Crippen LogP contribution is -2.31. The summed E-state index contributed by atoms with van der Waals surface area (Å²) >= 11 is 0. The molecular formula is C17H20FN3O3. The molecule has 0 unspecified atom stereocenters. The summed E-state index contributed by atoms with van der Waals surface area (Å²) in [6, 6.07) is 3.63. The average molecular weight is 333 g/mol. The Labute approximate surface area is 139 Å². The van der Waals surface area contributed by atoms with Crippen LogP contribution in [-0.2, 0) is 0 Å². The Balaban J connectivity index is 1.48. The van der Waals surface area contributed by atoms with Crippen molar-refractivity contribution >= 4 is 5.91 Å². The predicted molar refractivity (Wildman–Crippen MR) is 84.1 cm³/mol. The van der Waals surface area contributed by atoms with E-state index in [1.54, 1.807) is 6.92 Å². The first kappa shape index (κ1) is 16.4. The van der Waals surface area contributed by atoms with Crippen LogP contribution in [0.2, 0.25) is 0 Å². The third-order valence-corrected chi connectivity index (χ3v) is 4.50. The molecule has 24 heavy (non-hydrogen) atoms. The maximum atomic E-state index is 13.3. The van der Waals surface area contributed by atoms with Crippen LogP contribution in [0.4, 0.5) is 4.39 Å². The molecule has 1 aliphatic rings.